The van der Waals surface area contributed by atoms with E-state index in [1.54, 1.807) is 18.2 Å². The van der Waals surface area contributed by atoms with Crippen LogP contribution in [0.1, 0.15) is 5.56 Å². The topological polar surface area (TPSA) is 87.6 Å². The molecule has 6 nitrogen and oxygen atoms in total. The summed E-state index contributed by atoms with van der Waals surface area (Å²) in [4.78, 5) is 10.3. The van der Waals surface area contributed by atoms with Gasteiger partial charge in [0.15, 0.2) is 17.2 Å². The Morgan fingerprint density at radius 3 is 2.67 bits per heavy atom. The van der Waals surface area contributed by atoms with Crippen molar-refractivity contribution in [3.63, 3.8) is 0 Å². The van der Waals surface area contributed by atoms with E-state index in [9.17, 15) is 10.1 Å². The molecule has 2 aromatic carbocycles. The monoisotopic (exact) mass is 308 g/mol. The molecule has 0 radical (unpaired) electrons. The van der Waals surface area contributed by atoms with Gasteiger partial charge in [-0.15, -0.1) is 0 Å². The summed E-state index contributed by atoms with van der Waals surface area (Å²) in [5.41, 5.74) is 6.29. The fourth-order valence-electron chi connectivity index (χ4n) is 1.79. The van der Waals surface area contributed by atoms with Gasteiger partial charge >= 0.3 is 0 Å². The molecule has 0 aliphatic carbocycles. The molecule has 0 amide bonds. The average molecular weight is 309 g/mol. The van der Waals surface area contributed by atoms with Crippen molar-refractivity contribution in [1.29, 1.82) is 0 Å². The Morgan fingerprint density at radius 1 is 1.29 bits per heavy atom. The second-order valence-corrected chi connectivity index (χ2v) is 4.53. The molecule has 0 heterocycles. The van der Waals surface area contributed by atoms with E-state index in [4.69, 9.17) is 26.8 Å². The number of nitrogens with zero attached hydrogens (tertiary/aromatic N) is 1. The van der Waals surface area contributed by atoms with Gasteiger partial charge in [-0.25, -0.2) is 0 Å². The minimum Gasteiger partial charge on any atom is -0.493 e. The Hall–Kier alpha value is -2.31. The van der Waals surface area contributed by atoms with Crippen molar-refractivity contribution in [2.24, 2.45) is 5.73 Å². The van der Waals surface area contributed by atoms with Gasteiger partial charge in [0.1, 0.15) is 0 Å². The first-order valence-corrected chi connectivity index (χ1v) is 6.42. The smallest absolute Gasteiger partial charge is 0.273 e. The first-order valence-electron chi connectivity index (χ1n) is 6.04. The lowest BCUT2D eigenvalue weighted by atomic mass is 10.2. The SMILES string of the molecule is COc1cc([N+](=O)[O-])ccc1Oc1c(Cl)cccc1CN. The number of nitro benzene ring substituents is 1. The largest absolute Gasteiger partial charge is 0.493 e. The summed E-state index contributed by atoms with van der Waals surface area (Å²) in [6.07, 6.45) is 0. The Balaban J connectivity index is 2.42. The molecule has 7 heteroatoms. The van der Waals surface area contributed by atoms with Crippen molar-refractivity contribution in [3.05, 3.63) is 57.1 Å². The number of rotatable bonds is 5. The third-order valence-corrected chi connectivity index (χ3v) is 3.14. The number of nitro groups is 1. The van der Waals surface area contributed by atoms with E-state index in [-0.39, 0.29) is 18.0 Å². The van der Waals surface area contributed by atoms with E-state index in [0.29, 0.717) is 16.5 Å². The summed E-state index contributed by atoms with van der Waals surface area (Å²) in [7, 11) is 1.41. The zero-order valence-corrected chi connectivity index (χ0v) is 12.0. The van der Waals surface area contributed by atoms with Gasteiger partial charge in [-0.1, -0.05) is 23.7 Å². The van der Waals surface area contributed by atoms with Crippen LogP contribution >= 0.6 is 11.6 Å². The fourth-order valence-corrected chi connectivity index (χ4v) is 2.03. The van der Waals surface area contributed by atoms with E-state index >= 15 is 0 Å². The number of methoxy groups -OCH3 is 1. The van der Waals surface area contributed by atoms with Gasteiger partial charge in [0.05, 0.1) is 23.1 Å². The number of hydrogen-bond donors (Lipinski definition) is 1. The van der Waals surface area contributed by atoms with Crippen molar-refractivity contribution < 1.29 is 14.4 Å². The van der Waals surface area contributed by atoms with Crippen molar-refractivity contribution in [2.45, 2.75) is 6.54 Å². The number of para-hydroxylation sites is 1. The van der Waals surface area contributed by atoms with Crippen LogP contribution in [0.2, 0.25) is 5.02 Å². The van der Waals surface area contributed by atoms with Gasteiger partial charge in [0, 0.05) is 18.2 Å². The standard InChI is InChI=1S/C14H13ClN2O4/c1-20-13-7-10(17(18)19)5-6-12(13)21-14-9(8-16)3-2-4-11(14)15/h2-7H,8,16H2,1H3. The quantitative estimate of drug-likeness (QED) is 0.674. The normalized spacial score (nSPS) is 10.2. The molecule has 0 aromatic heterocycles. The molecule has 0 spiro atoms. The van der Waals surface area contributed by atoms with Crippen LogP contribution in [0.5, 0.6) is 17.2 Å². The minimum atomic E-state index is -0.507. The molecule has 0 fully saturated rings. The van der Waals surface area contributed by atoms with E-state index in [1.807, 2.05) is 0 Å². The van der Waals surface area contributed by atoms with Crippen LogP contribution in [0.25, 0.3) is 0 Å². The lowest BCUT2D eigenvalue weighted by molar-refractivity contribution is -0.384. The number of nitrogens with two attached hydrogens (primary N) is 1. The highest BCUT2D eigenvalue weighted by Crippen LogP contribution is 2.38. The van der Waals surface area contributed by atoms with Crippen LogP contribution < -0.4 is 15.2 Å². The van der Waals surface area contributed by atoms with E-state index < -0.39 is 4.92 Å². The Morgan fingerprint density at radius 2 is 2.05 bits per heavy atom. The Labute approximate surface area is 126 Å². The number of hydrogen-bond acceptors (Lipinski definition) is 5. The third kappa shape index (κ3) is 3.24. The van der Waals surface area contributed by atoms with Crippen LogP contribution in [0.15, 0.2) is 36.4 Å². The molecule has 21 heavy (non-hydrogen) atoms. The summed E-state index contributed by atoms with van der Waals surface area (Å²) < 4.78 is 10.8. The number of non-ortho nitro benzene ring substituents is 1. The van der Waals surface area contributed by atoms with Crippen LogP contribution in [-0.2, 0) is 6.54 Å². The first kappa shape index (κ1) is 15.1. The van der Waals surface area contributed by atoms with Crippen molar-refractivity contribution in [1.82, 2.24) is 0 Å². The highest BCUT2D eigenvalue weighted by molar-refractivity contribution is 6.32. The Kier molecular flexibility index (Phi) is 4.62. The summed E-state index contributed by atoms with van der Waals surface area (Å²) in [6, 6.07) is 9.31. The maximum atomic E-state index is 10.8. The number of ether oxygens (including phenoxy) is 2. The fraction of sp³-hybridized carbons (Fsp3) is 0.143. The molecule has 0 saturated carbocycles. The van der Waals surface area contributed by atoms with Gasteiger partial charge in [0.2, 0.25) is 0 Å². The molecule has 0 unspecified atom stereocenters. The summed E-state index contributed by atoms with van der Waals surface area (Å²) in [5.74, 6) is 0.979. The highest BCUT2D eigenvalue weighted by atomic mass is 35.5. The van der Waals surface area contributed by atoms with Crippen LogP contribution in [0.4, 0.5) is 5.69 Å². The van der Waals surface area contributed by atoms with Crippen molar-refractivity contribution in [2.75, 3.05) is 7.11 Å². The molecule has 0 aliphatic heterocycles. The molecule has 2 aromatic rings. The molecular formula is C14H13ClN2O4. The van der Waals surface area contributed by atoms with Gasteiger partial charge in [0.25, 0.3) is 5.69 Å². The maximum absolute atomic E-state index is 10.8. The minimum absolute atomic E-state index is 0.0857. The molecule has 0 bridgehead atoms. The predicted molar refractivity (Wildman–Crippen MR) is 79.1 cm³/mol. The molecule has 0 aliphatic rings. The van der Waals surface area contributed by atoms with Gasteiger partial charge < -0.3 is 15.2 Å². The van der Waals surface area contributed by atoms with Crippen LogP contribution in [0.3, 0.4) is 0 Å². The maximum Gasteiger partial charge on any atom is 0.273 e. The number of halogens is 1. The van der Waals surface area contributed by atoms with Gasteiger partial charge in [-0.05, 0) is 12.1 Å². The average Bonchev–Trinajstić information content (AvgIpc) is 2.49. The lowest BCUT2D eigenvalue weighted by Gasteiger charge is -2.14. The second-order valence-electron chi connectivity index (χ2n) is 4.13. The molecule has 0 saturated heterocycles. The zero-order valence-electron chi connectivity index (χ0n) is 11.2. The molecule has 0 atom stereocenters. The first-order chi connectivity index (χ1) is 10.1. The van der Waals surface area contributed by atoms with E-state index in [0.717, 1.165) is 5.56 Å². The van der Waals surface area contributed by atoms with Crippen molar-refractivity contribution >= 4 is 17.3 Å². The third-order valence-electron chi connectivity index (χ3n) is 2.84. The van der Waals surface area contributed by atoms with Crippen LogP contribution in [0, 0.1) is 10.1 Å². The Bertz CT molecular complexity index is 676. The molecular weight excluding hydrogens is 296 g/mol. The zero-order chi connectivity index (χ0) is 15.4. The van der Waals surface area contributed by atoms with Crippen LogP contribution in [-0.4, -0.2) is 12.0 Å². The van der Waals surface area contributed by atoms with E-state index in [2.05, 4.69) is 0 Å². The summed E-state index contributed by atoms with van der Waals surface area (Å²) >= 11 is 6.11. The summed E-state index contributed by atoms with van der Waals surface area (Å²) in [5, 5.41) is 11.2. The van der Waals surface area contributed by atoms with Gasteiger partial charge in [-0.3, -0.25) is 10.1 Å². The molecule has 110 valence electrons. The van der Waals surface area contributed by atoms with Gasteiger partial charge in [-0.2, -0.15) is 0 Å². The summed E-state index contributed by atoms with van der Waals surface area (Å²) in [6.45, 7) is 0.255. The predicted octanol–water partition coefficient (Wildman–Crippen LogP) is 3.51. The van der Waals surface area contributed by atoms with E-state index in [1.165, 1.54) is 25.3 Å². The molecule has 2 rings (SSSR count). The van der Waals surface area contributed by atoms with Crippen molar-refractivity contribution in [3.8, 4) is 17.2 Å². The second kappa shape index (κ2) is 6.43. The lowest BCUT2D eigenvalue weighted by Crippen LogP contribution is -2.00. The molecule has 2 N–H and O–H groups in total. The number of benzene rings is 2. The highest BCUT2D eigenvalue weighted by Gasteiger charge is 2.15.